The molecule has 2 aromatic rings. The highest BCUT2D eigenvalue weighted by Crippen LogP contribution is 2.35. The van der Waals surface area contributed by atoms with E-state index in [9.17, 15) is 0 Å². The monoisotopic (exact) mass is 316 g/mol. The number of hydrogen-bond acceptors (Lipinski definition) is 2. The Hall–Kier alpha value is -1.35. The zero-order chi connectivity index (χ0) is 13.4. The van der Waals surface area contributed by atoms with Crippen molar-refractivity contribution in [2.75, 3.05) is 5.32 Å². The predicted molar refractivity (Wildman–Crippen MR) is 82.5 cm³/mol. The van der Waals surface area contributed by atoms with Crippen LogP contribution in [0, 0.1) is 13.8 Å². The number of rotatable bonds is 2. The fourth-order valence-corrected chi connectivity index (χ4v) is 3.17. The van der Waals surface area contributed by atoms with Crippen molar-refractivity contribution in [1.29, 1.82) is 0 Å². The quantitative estimate of drug-likeness (QED) is 0.878. The lowest BCUT2D eigenvalue weighted by Gasteiger charge is -2.17. The summed E-state index contributed by atoms with van der Waals surface area (Å²) in [7, 11) is 0. The minimum absolute atomic E-state index is 0.409. The Morgan fingerprint density at radius 2 is 2.05 bits per heavy atom. The number of pyridine rings is 1. The number of hydrogen-bond donors (Lipinski definition) is 1. The first kappa shape index (κ1) is 12.7. The highest BCUT2D eigenvalue weighted by atomic mass is 79.9. The molecular formula is C16H17BrN2. The van der Waals surface area contributed by atoms with Crippen LogP contribution in [0.4, 0.5) is 5.69 Å². The topological polar surface area (TPSA) is 24.9 Å². The van der Waals surface area contributed by atoms with Crippen molar-refractivity contribution >= 4 is 21.6 Å². The van der Waals surface area contributed by atoms with Gasteiger partial charge in [-0.2, -0.15) is 0 Å². The summed E-state index contributed by atoms with van der Waals surface area (Å²) in [5.74, 6) is 0. The van der Waals surface area contributed by atoms with Gasteiger partial charge in [0.2, 0.25) is 0 Å². The lowest BCUT2D eigenvalue weighted by Crippen LogP contribution is -2.09. The first-order chi connectivity index (χ1) is 9.13. The molecule has 1 aromatic carbocycles. The van der Waals surface area contributed by atoms with Crippen LogP contribution in [0.15, 0.2) is 34.8 Å². The fraction of sp³-hybridized carbons (Fsp3) is 0.312. The predicted octanol–water partition coefficient (Wildman–Crippen LogP) is 4.56. The van der Waals surface area contributed by atoms with Crippen LogP contribution in [0.5, 0.6) is 0 Å². The third-order valence-corrected chi connectivity index (χ3v) is 4.23. The molecule has 0 saturated carbocycles. The Labute approximate surface area is 122 Å². The van der Waals surface area contributed by atoms with Crippen LogP contribution >= 0.6 is 15.9 Å². The summed E-state index contributed by atoms with van der Waals surface area (Å²) in [5, 5.41) is 3.63. The molecule has 1 aromatic heterocycles. The van der Waals surface area contributed by atoms with Gasteiger partial charge < -0.3 is 5.32 Å². The summed E-state index contributed by atoms with van der Waals surface area (Å²) in [6.07, 6.45) is 2.30. The summed E-state index contributed by atoms with van der Waals surface area (Å²) < 4.78 is 1.17. The van der Waals surface area contributed by atoms with Crippen LogP contribution in [-0.4, -0.2) is 4.98 Å². The molecule has 0 bridgehead atoms. The van der Waals surface area contributed by atoms with Gasteiger partial charge in [0.1, 0.15) is 0 Å². The lowest BCUT2D eigenvalue weighted by atomic mass is 10.1. The highest BCUT2D eigenvalue weighted by Gasteiger charge is 2.22. The van der Waals surface area contributed by atoms with E-state index in [1.807, 2.05) is 6.92 Å². The van der Waals surface area contributed by atoms with Gasteiger partial charge >= 0.3 is 0 Å². The second-order valence-electron chi connectivity index (χ2n) is 5.16. The first-order valence-electron chi connectivity index (χ1n) is 6.62. The summed E-state index contributed by atoms with van der Waals surface area (Å²) in [6, 6.07) is 11.2. The van der Waals surface area contributed by atoms with Gasteiger partial charge in [-0.1, -0.05) is 22.0 Å². The van der Waals surface area contributed by atoms with Gasteiger partial charge in [-0.15, -0.1) is 0 Å². The van der Waals surface area contributed by atoms with Crippen molar-refractivity contribution in [2.45, 2.75) is 32.7 Å². The maximum absolute atomic E-state index is 4.52. The van der Waals surface area contributed by atoms with E-state index >= 15 is 0 Å². The molecule has 3 rings (SSSR count). The maximum Gasteiger partial charge on any atom is 0.0607 e. The zero-order valence-corrected chi connectivity index (χ0v) is 12.8. The van der Waals surface area contributed by atoms with Gasteiger partial charge in [0.25, 0.3) is 0 Å². The molecule has 0 aliphatic heterocycles. The first-order valence-corrected chi connectivity index (χ1v) is 7.42. The van der Waals surface area contributed by atoms with Gasteiger partial charge in [-0.05, 0) is 62.1 Å². The normalized spacial score (nSPS) is 17.3. The van der Waals surface area contributed by atoms with E-state index in [-0.39, 0.29) is 0 Å². The van der Waals surface area contributed by atoms with Gasteiger partial charge in [0.05, 0.1) is 17.4 Å². The van der Waals surface area contributed by atoms with Crippen LogP contribution in [0.3, 0.4) is 0 Å². The van der Waals surface area contributed by atoms with Crippen molar-refractivity contribution in [3.8, 4) is 0 Å². The van der Waals surface area contributed by atoms with E-state index in [4.69, 9.17) is 0 Å². The van der Waals surface area contributed by atoms with Crippen molar-refractivity contribution in [2.24, 2.45) is 0 Å². The van der Waals surface area contributed by atoms with Gasteiger partial charge in [-0.25, -0.2) is 0 Å². The molecule has 98 valence electrons. The largest absolute Gasteiger partial charge is 0.377 e. The second-order valence-corrected chi connectivity index (χ2v) is 6.08. The third kappa shape index (κ3) is 2.52. The minimum atomic E-state index is 0.409. The molecule has 1 heterocycles. The van der Waals surface area contributed by atoms with Crippen LogP contribution in [-0.2, 0) is 6.42 Å². The molecular weight excluding hydrogens is 300 g/mol. The van der Waals surface area contributed by atoms with E-state index in [0.29, 0.717) is 6.04 Å². The van der Waals surface area contributed by atoms with Gasteiger partial charge in [0.15, 0.2) is 0 Å². The fourth-order valence-electron chi connectivity index (χ4n) is 2.76. The summed E-state index contributed by atoms with van der Waals surface area (Å²) in [6.45, 7) is 4.09. The number of nitrogens with one attached hydrogen (secondary N) is 1. The molecule has 1 unspecified atom stereocenters. The second kappa shape index (κ2) is 4.97. The molecule has 3 heteroatoms. The number of fused-ring (bicyclic) bond motifs is 1. The standard InChI is InChI=1S/C16H17BrN2/c1-10-3-7-15(11(2)18-10)19-16-8-4-12-9-13(17)5-6-14(12)16/h3,5-7,9,16,19H,4,8H2,1-2H3. The lowest BCUT2D eigenvalue weighted by molar-refractivity contribution is 0.759. The molecule has 2 nitrogen and oxygen atoms in total. The summed E-state index contributed by atoms with van der Waals surface area (Å²) in [4.78, 5) is 4.52. The summed E-state index contributed by atoms with van der Waals surface area (Å²) in [5.41, 5.74) is 6.16. The van der Waals surface area contributed by atoms with Crippen LogP contribution in [0.2, 0.25) is 0 Å². The number of aromatic nitrogens is 1. The number of nitrogens with zero attached hydrogens (tertiary/aromatic N) is 1. The van der Waals surface area contributed by atoms with E-state index in [0.717, 1.165) is 29.9 Å². The smallest absolute Gasteiger partial charge is 0.0607 e. The van der Waals surface area contributed by atoms with Gasteiger partial charge in [-0.3, -0.25) is 4.98 Å². The Morgan fingerprint density at radius 3 is 2.84 bits per heavy atom. The highest BCUT2D eigenvalue weighted by molar-refractivity contribution is 9.10. The molecule has 0 fully saturated rings. The van der Waals surface area contributed by atoms with Crippen molar-refractivity contribution in [3.05, 3.63) is 57.3 Å². The molecule has 0 saturated heterocycles. The maximum atomic E-state index is 4.52. The SMILES string of the molecule is Cc1ccc(NC2CCc3cc(Br)ccc32)c(C)n1. The van der Waals surface area contributed by atoms with Crippen molar-refractivity contribution in [1.82, 2.24) is 4.98 Å². The summed E-state index contributed by atoms with van der Waals surface area (Å²) >= 11 is 3.54. The average molecular weight is 317 g/mol. The Bertz CT molecular complexity index is 622. The number of benzene rings is 1. The molecule has 0 spiro atoms. The molecule has 0 radical (unpaired) electrons. The van der Waals surface area contributed by atoms with E-state index in [1.54, 1.807) is 0 Å². The number of aryl methyl sites for hydroxylation is 3. The Morgan fingerprint density at radius 1 is 1.21 bits per heavy atom. The molecule has 1 N–H and O–H groups in total. The van der Waals surface area contributed by atoms with Crippen molar-refractivity contribution in [3.63, 3.8) is 0 Å². The zero-order valence-electron chi connectivity index (χ0n) is 11.2. The molecule has 0 amide bonds. The number of halogens is 1. The van der Waals surface area contributed by atoms with Gasteiger partial charge in [0, 0.05) is 10.2 Å². The van der Waals surface area contributed by atoms with Crippen LogP contribution < -0.4 is 5.32 Å². The molecule has 1 aliphatic carbocycles. The third-order valence-electron chi connectivity index (χ3n) is 3.74. The van der Waals surface area contributed by atoms with E-state index in [2.05, 4.69) is 63.5 Å². The Kier molecular flexibility index (Phi) is 3.31. The molecule has 1 atom stereocenters. The van der Waals surface area contributed by atoms with E-state index < -0.39 is 0 Å². The molecule has 19 heavy (non-hydrogen) atoms. The minimum Gasteiger partial charge on any atom is -0.377 e. The number of anilines is 1. The van der Waals surface area contributed by atoms with E-state index in [1.165, 1.54) is 15.6 Å². The Balaban J connectivity index is 1.86. The van der Waals surface area contributed by atoms with Crippen LogP contribution in [0.25, 0.3) is 0 Å². The van der Waals surface area contributed by atoms with Crippen molar-refractivity contribution < 1.29 is 0 Å². The van der Waals surface area contributed by atoms with Crippen LogP contribution in [0.1, 0.15) is 35.0 Å². The average Bonchev–Trinajstić information content (AvgIpc) is 2.75. The molecule has 1 aliphatic rings.